The van der Waals surface area contributed by atoms with Crippen LogP contribution in [0.4, 0.5) is 16.5 Å². The van der Waals surface area contributed by atoms with E-state index in [9.17, 15) is 14.4 Å². The molecule has 0 unspecified atom stereocenters. The smallest absolute Gasteiger partial charge is 0.213 e. The fraction of sp³-hybridized carbons (Fsp3) is 0. The Bertz CT molecular complexity index is 563. The summed E-state index contributed by atoms with van der Waals surface area (Å²) in [6.45, 7) is 0. The number of nitrogens with zero attached hydrogens (tertiary/aromatic N) is 1. The van der Waals surface area contributed by atoms with E-state index in [1.54, 1.807) is 12.1 Å². The lowest BCUT2D eigenvalue weighted by atomic mass is 10.2. The van der Waals surface area contributed by atoms with Crippen LogP contribution < -0.4 is 16.0 Å². The predicted molar refractivity (Wildman–Crippen MR) is 68.7 cm³/mol. The van der Waals surface area contributed by atoms with E-state index in [4.69, 9.17) is 0 Å². The number of benzene rings is 1. The first-order valence-corrected chi connectivity index (χ1v) is 5.66. The summed E-state index contributed by atoms with van der Waals surface area (Å²) < 4.78 is 0.665. The lowest BCUT2D eigenvalue weighted by Crippen LogP contribution is -1.98. The number of rotatable bonds is 6. The fourth-order valence-corrected chi connectivity index (χ4v) is 2.40. The molecule has 0 spiro atoms. The highest BCUT2D eigenvalue weighted by atomic mass is 32.1. The van der Waals surface area contributed by atoms with Gasteiger partial charge in [0.15, 0.2) is 5.13 Å². The van der Waals surface area contributed by atoms with E-state index in [-0.39, 0.29) is 0 Å². The van der Waals surface area contributed by atoms with Gasteiger partial charge in [-0.2, -0.15) is 0 Å². The van der Waals surface area contributed by atoms with E-state index in [0.717, 1.165) is 0 Å². The molecule has 1 aromatic carbocycles. The third-order valence-electron chi connectivity index (χ3n) is 2.15. The minimum Gasteiger partial charge on any atom is -0.327 e. The quantitative estimate of drug-likeness (QED) is 0.677. The van der Waals surface area contributed by atoms with Crippen molar-refractivity contribution < 1.29 is 14.4 Å². The van der Waals surface area contributed by atoms with Crippen molar-refractivity contribution in [3.63, 3.8) is 0 Å². The Morgan fingerprint density at radius 3 is 2.22 bits per heavy atom. The number of aromatic nitrogens is 1. The van der Waals surface area contributed by atoms with Crippen LogP contribution in [0.2, 0.25) is 0 Å². The molecule has 8 heteroatoms. The number of hydrogen-bond donors (Lipinski definition) is 3. The maximum atomic E-state index is 10.5. The minimum atomic E-state index is 0.383. The highest BCUT2D eigenvalue weighted by molar-refractivity contribution is 7.23. The summed E-state index contributed by atoms with van der Waals surface area (Å²) >= 11 is 1.20. The van der Waals surface area contributed by atoms with Crippen LogP contribution in [0.3, 0.4) is 0 Å². The highest BCUT2D eigenvalue weighted by Gasteiger charge is 2.11. The van der Waals surface area contributed by atoms with Gasteiger partial charge in [0.2, 0.25) is 19.2 Å². The van der Waals surface area contributed by atoms with Crippen molar-refractivity contribution in [1.29, 1.82) is 0 Å². The Morgan fingerprint density at radius 2 is 1.56 bits per heavy atom. The zero-order valence-corrected chi connectivity index (χ0v) is 9.78. The summed E-state index contributed by atoms with van der Waals surface area (Å²) in [6.07, 6.45) is 1.60. The molecule has 0 aliphatic heterocycles. The molecule has 2 aromatic rings. The van der Waals surface area contributed by atoms with E-state index in [1.165, 1.54) is 11.3 Å². The number of hydrogen-bond acceptors (Lipinski definition) is 5. The van der Waals surface area contributed by atoms with Crippen molar-refractivity contribution in [2.45, 2.75) is 0 Å². The first-order valence-electron chi connectivity index (χ1n) is 4.84. The Balaban J connectivity index is 2.60. The standard InChI is InChI=1S/C10H8N4O3S/c15-3-11-6-1-2-7(12-4-16)9-8(6)14-10(18-9)13-5-17/h1-5H,(H,11,15)(H,12,16)(H,13,14,17). The normalized spacial score (nSPS) is 9.78. The second-order valence-corrected chi connectivity index (χ2v) is 4.14. The molecule has 7 nitrogen and oxygen atoms in total. The number of carbonyl (C=O) groups excluding carboxylic acids is 3. The third kappa shape index (κ3) is 2.13. The summed E-state index contributed by atoms with van der Waals surface area (Å²) in [4.78, 5) is 35.5. The molecule has 1 heterocycles. The summed E-state index contributed by atoms with van der Waals surface area (Å²) in [5, 5.41) is 7.85. The van der Waals surface area contributed by atoms with Gasteiger partial charge in [0.05, 0.1) is 16.1 Å². The largest absolute Gasteiger partial charge is 0.327 e. The van der Waals surface area contributed by atoms with Gasteiger partial charge in [-0.15, -0.1) is 0 Å². The van der Waals surface area contributed by atoms with Crippen molar-refractivity contribution in [1.82, 2.24) is 4.98 Å². The molecular weight excluding hydrogens is 256 g/mol. The van der Waals surface area contributed by atoms with Gasteiger partial charge in [0.25, 0.3) is 0 Å². The van der Waals surface area contributed by atoms with Crippen molar-refractivity contribution in [3.05, 3.63) is 12.1 Å². The van der Waals surface area contributed by atoms with Crippen LogP contribution in [-0.2, 0) is 14.4 Å². The van der Waals surface area contributed by atoms with Crippen LogP contribution in [0.1, 0.15) is 0 Å². The topological polar surface area (TPSA) is 100 Å². The Labute approximate surface area is 105 Å². The number of thiazole rings is 1. The second kappa shape index (κ2) is 5.23. The van der Waals surface area contributed by atoms with E-state index < -0.39 is 0 Å². The molecule has 0 saturated carbocycles. The molecule has 0 atom stereocenters. The van der Waals surface area contributed by atoms with Crippen LogP contribution in [0.15, 0.2) is 12.1 Å². The summed E-state index contributed by atoms with van der Waals surface area (Å²) in [6, 6.07) is 3.26. The number of fused-ring (bicyclic) bond motifs is 1. The van der Waals surface area contributed by atoms with Gasteiger partial charge >= 0.3 is 0 Å². The van der Waals surface area contributed by atoms with Gasteiger partial charge in [-0.05, 0) is 12.1 Å². The van der Waals surface area contributed by atoms with E-state index in [1.807, 2.05) is 0 Å². The number of carbonyl (C=O) groups is 3. The van der Waals surface area contributed by atoms with E-state index in [2.05, 4.69) is 20.9 Å². The molecule has 2 rings (SSSR count). The SMILES string of the molecule is O=CNc1nc2c(NC=O)ccc(NC=O)c2s1. The molecule has 18 heavy (non-hydrogen) atoms. The molecule has 0 radical (unpaired) electrons. The fourth-order valence-electron chi connectivity index (χ4n) is 1.48. The minimum absolute atomic E-state index is 0.383. The first kappa shape index (κ1) is 12.0. The lowest BCUT2D eigenvalue weighted by molar-refractivity contribution is -0.106. The summed E-state index contributed by atoms with van der Waals surface area (Å²) in [7, 11) is 0. The summed E-state index contributed by atoms with van der Waals surface area (Å²) in [5.74, 6) is 0. The lowest BCUT2D eigenvalue weighted by Gasteiger charge is -2.03. The first-order chi connectivity index (χ1) is 8.80. The van der Waals surface area contributed by atoms with Crippen LogP contribution >= 0.6 is 11.3 Å². The summed E-state index contributed by atoms with van der Waals surface area (Å²) in [5.41, 5.74) is 1.57. The van der Waals surface area contributed by atoms with Gasteiger partial charge in [-0.3, -0.25) is 14.4 Å². The van der Waals surface area contributed by atoms with Crippen LogP contribution in [0, 0.1) is 0 Å². The van der Waals surface area contributed by atoms with Crippen molar-refractivity contribution in [3.8, 4) is 0 Å². The maximum Gasteiger partial charge on any atom is 0.213 e. The van der Waals surface area contributed by atoms with Crippen molar-refractivity contribution in [2.24, 2.45) is 0 Å². The van der Waals surface area contributed by atoms with E-state index >= 15 is 0 Å². The number of nitrogens with one attached hydrogen (secondary N) is 3. The molecule has 0 saturated heterocycles. The molecule has 0 aliphatic carbocycles. The highest BCUT2D eigenvalue weighted by Crippen LogP contribution is 2.36. The van der Waals surface area contributed by atoms with Gasteiger partial charge in [-0.1, -0.05) is 11.3 Å². The number of amides is 3. The van der Waals surface area contributed by atoms with Crippen LogP contribution in [0.5, 0.6) is 0 Å². The third-order valence-corrected chi connectivity index (χ3v) is 3.17. The average Bonchev–Trinajstić information content (AvgIpc) is 2.77. The second-order valence-electron chi connectivity index (χ2n) is 3.14. The Hall–Kier alpha value is -2.48. The molecule has 0 bridgehead atoms. The zero-order chi connectivity index (χ0) is 13.0. The monoisotopic (exact) mass is 264 g/mol. The van der Waals surface area contributed by atoms with E-state index in [0.29, 0.717) is 46.0 Å². The molecule has 0 fully saturated rings. The maximum absolute atomic E-state index is 10.5. The number of anilines is 3. The van der Waals surface area contributed by atoms with Crippen LogP contribution in [-0.4, -0.2) is 24.2 Å². The average molecular weight is 264 g/mol. The molecular formula is C10H8N4O3S. The predicted octanol–water partition coefficient (Wildman–Crippen LogP) is 1.00. The van der Waals surface area contributed by atoms with Gasteiger partial charge < -0.3 is 16.0 Å². The molecule has 3 amide bonds. The van der Waals surface area contributed by atoms with Gasteiger partial charge in [-0.25, -0.2) is 4.98 Å². The molecule has 3 N–H and O–H groups in total. The van der Waals surface area contributed by atoms with Gasteiger partial charge in [0, 0.05) is 0 Å². The Morgan fingerprint density at radius 1 is 0.944 bits per heavy atom. The molecule has 0 aliphatic rings. The van der Waals surface area contributed by atoms with Crippen molar-refractivity contribution in [2.75, 3.05) is 16.0 Å². The Kier molecular flexibility index (Phi) is 3.49. The zero-order valence-electron chi connectivity index (χ0n) is 8.97. The van der Waals surface area contributed by atoms with Crippen molar-refractivity contribution >= 4 is 57.3 Å². The molecule has 92 valence electrons. The van der Waals surface area contributed by atoms with Gasteiger partial charge in [0.1, 0.15) is 5.52 Å². The molecule has 1 aromatic heterocycles. The van der Waals surface area contributed by atoms with Crippen LogP contribution in [0.25, 0.3) is 10.2 Å².